The Kier molecular flexibility index (Phi) is 2.48. The van der Waals surface area contributed by atoms with Gasteiger partial charge in [-0.25, -0.2) is 0 Å². The third-order valence-electron chi connectivity index (χ3n) is 2.98. The van der Waals surface area contributed by atoms with Crippen LogP contribution in [0, 0.1) is 5.41 Å². The van der Waals surface area contributed by atoms with Crippen molar-refractivity contribution in [3.05, 3.63) is 54.4 Å². The van der Waals surface area contributed by atoms with E-state index in [1.54, 1.807) is 19.4 Å². The number of pyridine rings is 1. The van der Waals surface area contributed by atoms with Crippen LogP contribution in [0.2, 0.25) is 0 Å². The molecule has 3 aromatic rings. The molecule has 0 aliphatic rings. The largest absolute Gasteiger partial charge is 0.467 e. The summed E-state index contributed by atoms with van der Waals surface area (Å²) in [4.78, 5) is 4.10. The molecule has 0 bridgehead atoms. The second-order valence-electron chi connectivity index (χ2n) is 4.30. The Hall–Kier alpha value is -2.36. The van der Waals surface area contributed by atoms with E-state index in [9.17, 15) is 0 Å². The molecule has 0 fully saturated rings. The standard InChI is InChI=1S/C14H13N3O/c1-10(15)12-6-13(18-9-12)8-17-5-3-11-7-16-4-2-14(11)17/h2-7,9,15H,8H2,1H3. The summed E-state index contributed by atoms with van der Waals surface area (Å²) in [5.41, 5.74) is 2.49. The van der Waals surface area contributed by atoms with E-state index in [2.05, 4.69) is 9.55 Å². The summed E-state index contributed by atoms with van der Waals surface area (Å²) < 4.78 is 7.58. The third kappa shape index (κ3) is 1.82. The lowest BCUT2D eigenvalue weighted by atomic mass is 10.2. The summed E-state index contributed by atoms with van der Waals surface area (Å²) >= 11 is 0. The van der Waals surface area contributed by atoms with Gasteiger partial charge in [0.25, 0.3) is 0 Å². The molecule has 0 saturated heterocycles. The van der Waals surface area contributed by atoms with Crippen molar-refractivity contribution in [3.63, 3.8) is 0 Å². The van der Waals surface area contributed by atoms with Crippen molar-refractivity contribution in [3.8, 4) is 0 Å². The maximum absolute atomic E-state index is 7.55. The van der Waals surface area contributed by atoms with Crippen LogP contribution in [0.3, 0.4) is 0 Å². The number of furan rings is 1. The van der Waals surface area contributed by atoms with E-state index in [0.717, 1.165) is 22.2 Å². The van der Waals surface area contributed by atoms with E-state index in [0.29, 0.717) is 12.3 Å². The van der Waals surface area contributed by atoms with E-state index >= 15 is 0 Å². The molecule has 18 heavy (non-hydrogen) atoms. The first-order valence-corrected chi connectivity index (χ1v) is 5.76. The molecule has 0 aliphatic carbocycles. The fraction of sp³-hybridized carbons (Fsp3) is 0.143. The predicted octanol–water partition coefficient (Wildman–Crippen LogP) is 3.07. The number of fused-ring (bicyclic) bond motifs is 1. The van der Waals surface area contributed by atoms with Gasteiger partial charge in [-0.05, 0) is 25.1 Å². The van der Waals surface area contributed by atoms with Crippen LogP contribution >= 0.6 is 0 Å². The van der Waals surface area contributed by atoms with E-state index in [-0.39, 0.29) is 0 Å². The second-order valence-corrected chi connectivity index (χ2v) is 4.30. The molecule has 3 rings (SSSR count). The highest BCUT2D eigenvalue weighted by molar-refractivity contribution is 5.95. The van der Waals surface area contributed by atoms with Crippen LogP contribution in [-0.4, -0.2) is 15.3 Å². The molecule has 1 N–H and O–H groups in total. The minimum absolute atomic E-state index is 0.520. The Labute approximate surface area is 104 Å². The van der Waals surface area contributed by atoms with Gasteiger partial charge in [0.05, 0.1) is 18.3 Å². The van der Waals surface area contributed by atoms with Crippen LogP contribution in [0.4, 0.5) is 0 Å². The maximum atomic E-state index is 7.55. The molecule has 0 spiro atoms. The van der Waals surface area contributed by atoms with Gasteiger partial charge in [-0.1, -0.05) is 0 Å². The van der Waals surface area contributed by atoms with Gasteiger partial charge in [0.15, 0.2) is 0 Å². The summed E-state index contributed by atoms with van der Waals surface area (Å²) in [7, 11) is 0. The Morgan fingerprint density at radius 2 is 2.33 bits per heavy atom. The van der Waals surface area contributed by atoms with Crippen LogP contribution < -0.4 is 0 Å². The monoisotopic (exact) mass is 239 g/mol. The first kappa shape index (κ1) is 10.8. The van der Waals surface area contributed by atoms with E-state index in [4.69, 9.17) is 9.83 Å². The van der Waals surface area contributed by atoms with Gasteiger partial charge < -0.3 is 14.4 Å². The summed E-state index contributed by atoms with van der Waals surface area (Å²) in [5, 5.41) is 8.67. The van der Waals surface area contributed by atoms with Crippen LogP contribution in [0.1, 0.15) is 18.2 Å². The van der Waals surface area contributed by atoms with Crippen molar-refractivity contribution in [2.45, 2.75) is 13.5 Å². The van der Waals surface area contributed by atoms with Crippen LogP contribution in [0.25, 0.3) is 10.9 Å². The lowest BCUT2D eigenvalue weighted by molar-refractivity contribution is 0.496. The van der Waals surface area contributed by atoms with E-state index < -0.39 is 0 Å². The van der Waals surface area contributed by atoms with E-state index in [1.807, 2.05) is 30.6 Å². The molecular formula is C14H13N3O. The molecule has 0 radical (unpaired) electrons. The first-order valence-electron chi connectivity index (χ1n) is 5.76. The SMILES string of the molecule is CC(=N)c1coc(Cn2ccc3cnccc32)c1. The topological polar surface area (TPSA) is 54.8 Å². The quantitative estimate of drug-likeness (QED) is 0.714. The molecule has 0 atom stereocenters. The Bertz CT molecular complexity index is 708. The maximum Gasteiger partial charge on any atom is 0.124 e. The molecule has 4 heteroatoms. The molecule has 0 amide bonds. The number of hydrogen-bond acceptors (Lipinski definition) is 3. The van der Waals surface area contributed by atoms with Crippen LogP contribution in [0.15, 0.2) is 47.5 Å². The average molecular weight is 239 g/mol. The van der Waals surface area contributed by atoms with Gasteiger partial charge in [0.2, 0.25) is 0 Å². The summed E-state index contributed by atoms with van der Waals surface area (Å²) in [6, 6.07) is 5.93. The predicted molar refractivity (Wildman–Crippen MR) is 70.0 cm³/mol. The van der Waals surface area contributed by atoms with Crippen molar-refractivity contribution in [1.82, 2.24) is 9.55 Å². The summed E-state index contributed by atoms with van der Waals surface area (Å²) in [6.45, 7) is 2.42. The molecule has 3 aromatic heterocycles. The first-order chi connectivity index (χ1) is 8.74. The van der Waals surface area contributed by atoms with Crippen molar-refractivity contribution < 1.29 is 4.42 Å². The molecule has 0 aromatic carbocycles. The smallest absolute Gasteiger partial charge is 0.124 e. The average Bonchev–Trinajstić information content (AvgIpc) is 2.98. The van der Waals surface area contributed by atoms with E-state index in [1.165, 1.54) is 0 Å². The molecular weight excluding hydrogens is 226 g/mol. The molecule has 90 valence electrons. The lowest BCUT2D eigenvalue weighted by Crippen LogP contribution is -1.96. The Morgan fingerprint density at radius 1 is 1.44 bits per heavy atom. The van der Waals surface area contributed by atoms with Gasteiger partial charge in [-0.2, -0.15) is 0 Å². The number of hydrogen-bond donors (Lipinski definition) is 1. The summed E-state index contributed by atoms with van der Waals surface area (Å²) in [5.74, 6) is 0.853. The highest BCUT2D eigenvalue weighted by Gasteiger charge is 2.06. The Morgan fingerprint density at radius 3 is 3.11 bits per heavy atom. The normalized spacial score (nSPS) is 10.9. The fourth-order valence-corrected chi connectivity index (χ4v) is 2.01. The van der Waals surface area contributed by atoms with Gasteiger partial charge in [0.1, 0.15) is 5.76 Å². The molecule has 0 aliphatic heterocycles. The highest BCUT2D eigenvalue weighted by Crippen LogP contribution is 2.17. The lowest BCUT2D eigenvalue weighted by Gasteiger charge is -2.01. The summed E-state index contributed by atoms with van der Waals surface area (Å²) in [6.07, 6.45) is 7.28. The van der Waals surface area contributed by atoms with Crippen LogP contribution in [0.5, 0.6) is 0 Å². The Balaban J connectivity index is 1.93. The fourth-order valence-electron chi connectivity index (χ4n) is 2.01. The van der Waals surface area contributed by atoms with Crippen molar-refractivity contribution in [2.24, 2.45) is 0 Å². The zero-order chi connectivity index (χ0) is 12.5. The van der Waals surface area contributed by atoms with Gasteiger partial charge in [0, 0.05) is 35.3 Å². The van der Waals surface area contributed by atoms with Gasteiger partial charge in [-0.3, -0.25) is 4.98 Å². The van der Waals surface area contributed by atoms with Crippen LogP contribution in [-0.2, 0) is 6.54 Å². The second kappa shape index (κ2) is 4.14. The molecule has 0 unspecified atom stereocenters. The number of nitrogens with one attached hydrogen (secondary N) is 1. The highest BCUT2D eigenvalue weighted by atomic mass is 16.3. The molecule has 3 heterocycles. The zero-order valence-corrected chi connectivity index (χ0v) is 10.1. The van der Waals surface area contributed by atoms with Gasteiger partial charge >= 0.3 is 0 Å². The van der Waals surface area contributed by atoms with Crippen molar-refractivity contribution >= 4 is 16.6 Å². The number of rotatable bonds is 3. The zero-order valence-electron chi connectivity index (χ0n) is 10.1. The van der Waals surface area contributed by atoms with Crippen molar-refractivity contribution in [2.75, 3.05) is 0 Å². The number of aromatic nitrogens is 2. The number of nitrogens with zero attached hydrogens (tertiary/aromatic N) is 2. The van der Waals surface area contributed by atoms with Gasteiger partial charge in [-0.15, -0.1) is 0 Å². The molecule has 0 saturated carbocycles. The molecule has 4 nitrogen and oxygen atoms in total. The minimum atomic E-state index is 0.520. The third-order valence-corrected chi connectivity index (χ3v) is 2.98. The minimum Gasteiger partial charge on any atom is -0.467 e. The van der Waals surface area contributed by atoms with Crippen molar-refractivity contribution in [1.29, 1.82) is 5.41 Å².